The second-order valence-corrected chi connectivity index (χ2v) is 7.41. The lowest BCUT2D eigenvalue weighted by Gasteiger charge is -2.26. The predicted molar refractivity (Wildman–Crippen MR) is 100 cm³/mol. The number of anilines is 1. The minimum Gasteiger partial charge on any atom is -0.442 e. The molecule has 0 spiro atoms. The molecule has 0 aromatic heterocycles. The summed E-state index contributed by atoms with van der Waals surface area (Å²) in [7, 11) is 0. The van der Waals surface area contributed by atoms with Crippen LogP contribution in [-0.4, -0.2) is 54.6 Å². The summed E-state index contributed by atoms with van der Waals surface area (Å²) in [4.78, 5) is 38.1. The maximum absolute atomic E-state index is 14.9. The first-order chi connectivity index (χ1) is 13.3. The van der Waals surface area contributed by atoms with E-state index in [4.69, 9.17) is 4.74 Å². The van der Waals surface area contributed by atoms with Gasteiger partial charge in [-0.25, -0.2) is 9.18 Å². The standard InChI is InChI=1S/C20H22FN3O4/c1-11(25)22-10-19-18-8-14-7-15(13-3-5-23(6-4-13)12(2)26)16(21)9-17(14)24(18)20(27)28-19/h3,7,9,18-19H,4-6,8,10H2,1-2H3,(H,22,25)/t18-,19-/m0/s1. The summed E-state index contributed by atoms with van der Waals surface area (Å²) < 4.78 is 20.2. The number of amides is 3. The number of carbonyl (C=O) groups excluding carboxylic acids is 3. The van der Waals surface area contributed by atoms with Crippen LogP contribution in [0.4, 0.5) is 14.9 Å². The zero-order chi connectivity index (χ0) is 20.0. The molecule has 0 aliphatic carbocycles. The number of fused-ring (bicyclic) bond motifs is 3. The normalized spacial score (nSPS) is 23.1. The molecule has 3 aliphatic heterocycles. The van der Waals surface area contributed by atoms with Gasteiger partial charge in [0, 0.05) is 32.5 Å². The molecule has 1 fully saturated rings. The van der Waals surface area contributed by atoms with Gasteiger partial charge in [-0.1, -0.05) is 6.08 Å². The topological polar surface area (TPSA) is 79.0 Å². The summed E-state index contributed by atoms with van der Waals surface area (Å²) in [5.41, 5.74) is 2.82. The van der Waals surface area contributed by atoms with Crippen molar-refractivity contribution >= 4 is 29.2 Å². The Morgan fingerprint density at radius 1 is 1.32 bits per heavy atom. The van der Waals surface area contributed by atoms with Gasteiger partial charge < -0.3 is 15.0 Å². The Hall–Kier alpha value is -2.90. The molecule has 8 heteroatoms. The van der Waals surface area contributed by atoms with E-state index in [1.54, 1.807) is 11.0 Å². The fourth-order valence-corrected chi connectivity index (χ4v) is 4.15. The zero-order valence-electron chi connectivity index (χ0n) is 15.8. The number of nitrogens with zero attached hydrogens (tertiary/aromatic N) is 2. The Morgan fingerprint density at radius 2 is 2.11 bits per heavy atom. The number of cyclic esters (lactones) is 1. The number of rotatable bonds is 3. The largest absolute Gasteiger partial charge is 0.442 e. The Kier molecular flexibility index (Phi) is 4.56. The highest BCUT2D eigenvalue weighted by atomic mass is 19.1. The van der Waals surface area contributed by atoms with Crippen molar-refractivity contribution in [3.05, 3.63) is 35.2 Å². The lowest BCUT2D eigenvalue weighted by molar-refractivity contribution is -0.128. The molecule has 0 bridgehead atoms. The van der Waals surface area contributed by atoms with Crippen LogP contribution in [0.2, 0.25) is 0 Å². The van der Waals surface area contributed by atoms with Crippen molar-refractivity contribution in [3.63, 3.8) is 0 Å². The summed E-state index contributed by atoms with van der Waals surface area (Å²) in [5, 5.41) is 2.68. The molecule has 0 saturated carbocycles. The smallest absolute Gasteiger partial charge is 0.415 e. The monoisotopic (exact) mass is 387 g/mol. The van der Waals surface area contributed by atoms with Crippen LogP contribution in [0.5, 0.6) is 0 Å². The molecule has 4 rings (SSSR count). The van der Waals surface area contributed by atoms with Crippen molar-refractivity contribution in [1.82, 2.24) is 10.2 Å². The van der Waals surface area contributed by atoms with Gasteiger partial charge in [-0.15, -0.1) is 0 Å². The highest BCUT2D eigenvalue weighted by Crippen LogP contribution is 2.41. The lowest BCUT2D eigenvalue weighted by Crippen LogP contribution is -2.40. The second-order valence-electron chi connectivity index (χ2n) is 7.41. The molecule has 1 aromatic rings. The molecule has 7 nitrogen and oxygen atoms in total. The van der Waals surface area contributed by atoms with Gasteiger partial charge in [-0.05, 0) is 36.1 Å². The first-order valence-corrected chi connectivity index (χ1v) is 9.36. The zero-order valence-corrected chi connectivity index (χ0v) is 15.8. The van der Waals surface area contributed by atoms with E-state index in [0.29, 0.717) is 37.2 Å². The number of carbonyl (C=O) groups is 3. The Labute approximate surface area is 162 Å². The van der Waals surface area contributed by atoms with Crippen molar-refractivity contribution in [2.24, 2.45) is 0 Å². The van der Waals surface area contributed by atoms with Crippen LogP contribution in [0.1, 0.15) is 31.4 Å². The molecular weight excluding hydrogens is 365 g/mol. The summed E-state index contributed by atoms with van der Waals surface area (Å²) >= 11 is 0. The van der Waals surface area contributed by atoms with Crippen molar-refractivity contribution in [2.45, 2.75) is 38.8 Å². The van der Waals surface area contributed by atoms with Crippen LogP contribution in [0, 0.1) is 5.82 Å². The van der Waals surface area contributed by atoms with Crippen LogP contribution in [0.25, 0.3) is 5.57 Å². The third-order valence-electron chi connectivity index (χ3n) is 5.62. The van der Waals surface area contributed by atoms with Gasteiger partial charge >= 0.3 is 6.09 Å². The molecule has 1 N–H and O–H groups in total. The number of hydrogen-bond acceptors (Lipinski definition) is 4. The Bertz CT molecular complexity index is 898. The van der Waals surface area contributed by atoms with E-state index in [1.165, 1.54) is 24.8 Å². The number of hydrogen-bond donors (Lipinski definition) is 1. The van der Waals surface area contributed by atoms with E-state index >= 15 is 0 Å². The Balaban J connectivity index is 1.59. The summed E-state index contributed by atoms with van der Waals surface area (Å²) in [5.74, 6) is -0.573. The van der Waals surface area contributed by atoms with E-state index in [-0.39, 0.29) is 30.2 Å². The van der Waals surface area contributed by atoms with E-state index in [0.717, 1.165) is 11.1 Å². The van der Waals surface area contributed by atoms with E-state index < -0.39 is 12.2 Å². The predicted octanol–water partition coefficient (Wildman–Crippen LogP) is 1.85. The molecule has 3 heterocycles. The molecule has 28 heavy (non-hydrogen) atoms. The van der Waals surface area contributed by atoms with Crippen LogP contribution < -0.4 is 10.2 Å². The molecule has 2 atom stereocenters. The fraction of sp³-hybridized carbons (Fsp3) is 0.450. The average molecular weight is 387 g/mol. The number of ether oxygens (including phenoxy) is 1. The van der Waals surface area contributed by atoms with Gasteiger partial charge in [0.2, 0.25) is 11.8 Å². The SMILES string of the molecule is CC(=O)NC[C@@H]1OC(=O)N2c3cc(F)c(C4=CCN(C(C)=O)CC4)cc3C[C@@H]12. The van der Waals surface area contributed by atoms with E-state index in [1.807, 2.05) is 6.08 Å². The van der Waals surface area contributed by atoms with Crippen LogP contribution in [0.3, 0.4) is 0 Å². The van der Waals surface area contributed by atoms with Crippen molar-refractivity contribution in [1.29, 1.82) is 0 Å². The molecule has 1 aromatic carbocycles. The number of benzene rings is 1. The summed E-state index contributed by atoms with van der Waals surface area (Å²) in [6.07, 6.45) is 2.05. The molecule has 3 amide bonds. The van der Waals surface area contributed by atoms with Crippen LogP contribution in [-0.2, 0) is 20.7 Å². The quantitative estimate of drug-likeness (QED) is 0.859. The second kappa shape index (κ2) is 6.92. The third-order valence-corrected chi connectivity index (χ3v) is 5.62. The van der Waals surface area contributed by atoms with E-state index in [2.05, 4.69) is 5.32 Å². The molecule has 0 radical (unpaired) electrons. The summed E-state index contributed by atoms with van der Waals surface area (Å²) in [6.45, 7) is 4.21. The molecule has 0 unspecified atom stereocenters. The maximum atomic E-state index is 14.9. The van der Waals surface area contributed by atoms with Gasteiger partial charge in [0.05, 0.1) is 18.3 Å². The van der Waals surface area contributed by atoms with Crippen LogP contribution in [0.15, 0.2) is 18.2 Å². The van der Waals surface area contributed by atoms with Crippen LogP contribution >= 0.6 is 0 Å². The van der Waals surface area contributed by atoms with Crippen molar-refractivity contribution < 1.29 is 23.5 Å². The van der Waals surface area contributed by atoms with Gasteiger partial charge in [-0.2, -0.15) is 0 Å². The van der Waals surface area contributed by atoms with Crippen molar-refractivity contribution in [3.8, 4) is 0 Å². The molecular formula is C20H22FN3O4. The Morgan fingerprint density at radius 3 is 2.75 bits per heavy atom. The summed E-state index contributed by atoms with van der Waals surface area (Å²) in [6, 6.07) is 2.95. The molecule has 148 valence electrons. The number of nitrogens with one attached hydrogen (secondary N) is 1. The highest BCUT2D eigenvalue weighted by molar-refractivity contribution is 5.94. The highest BCUT2D eigenvalue weighted by Gasteiger charge is 2.47. The number of halogens is 1. The maximum Gasteiger partial charge on any atom is 0.415 e. The third kappa shape index (κ3) is 3.12. The van der Waals surface area contributed by atoms with Gasteiger partial charge in [0.25, 0.3) is 0 Å². The average Bonchev–Trinajstić information content (AvgIpc) is 3.16. The molecule has 1 saturated heterocycles. The van der Waals surface area contributed by atoms with Gasteiger partial charge in [-0.3, -0.25) is 14.5 Å². The lowest BCUT2D eigenvalue weighted by atomic mass is 9.95. The fourth-order valence-electron chi connectivity index (χ4n) is 4.15. The molecule has 3 aliphatic rings. The van der Waals surface area contributed by atoms with E-state index in [9.17, 15) is 18.8 Å². The first-order valence-electron chi connectivity index (χ1n) is 9.36. The van der Waals surface area contributed by atoms with Crippen molar-refractivity contribution in [2.75, 3.05) is 24.5 Å². The minimum atomic E-state index is -0.514. The van der Waals surface area contributed by atoms with Gasteiger partial charge in [0.15, 0.2) is 0 Å². The first kappa shape index (κ1) is 18.5. The minimum absolute atomic E-state index is 0.00840. The van der Waals surface area contributed by atoms with Gasteiger partial charge in [0.1, 0.15) is 11.9 Å².